The van der Waals surface area contributed by atoms with E-state index in [-0.39, 0.29) is 5.91 Å². The van der Waals surface area contributed by atoms with Gasteiger partial charge >= 0.3 is 0 Å². The first-order valence-electron chi connectivity index (χ1n) is 4.45. The van der Waals surface area contributed by atoms with Crippen molar-refractivity contribution in [1.82, 2.24) is 0 Å². The number of rotatable bonds is 4. The molecule has 0 aromatic heterocycles. The molecular weight excluding hydrogens is 345 g/mol. The van der Waals surface area contributed by atoms with Crippen molar-refractivity contribution in [3.05, 3.63) is 27.1 Å². The highest BCUT2D eigenvalue weighted by atomic mass is 79.9. The van der Waals surface area contributed by atoms with Crippen LogP contribution in [0.1, 0.15) is 12.8 Å². The average Bonchev–Trinajstić information content (AvgIpc) is 2.21. The van der Waals surface area contributed by atoms with E-state index in [9.17, 15) is 4.79 Å². The van der Waals surface area contributed by atoms with E-state index in [0.717, 1.165) is 14.6 Å². The highest BCUT2D eigenvalue weighted by Crippen LogP contribution is 2.30. The standard InChI is InChI=1S/C10H10Br2ClNO/c11-7-3-1-4-8(12)10(7)14-9(15)5-2-6-13/h1,3-4H,2,5-6H2,(H,14,15). The maximum atomic E-state index is 11.5. The molecule has 1 aromatic carbocycles. The van der Waals surface area contributed by atoms with Gasteiger partial charge in [0.2, 0.25) is 5.91 Å². The van der Waals surface area contributed by atoms with Crippen LogP contribution in [0.25, 0.3) is 0 Å². The molecule has 0 bridgehead atoms. The second kappa shape index (κ2) is 6.51. The minimum absolute atomic E-state index is 0.0248. The van der Waals surface area contributed by atoms with Gasteiger partial charge in [-0.3, -0.25) is 4.79 Å². The van der Waals surface area contributed by atoms with E-state index in [1.807, 2.05) is 18.2 Å². The Hall–Kier alpha value is -0.0600. The summed E-state index contributed by atoms with van der Waals surface area (Å²) in [4.78, 5) is 11.5. The van der Waals surface area contributed by atoms with Gasteiger partial charge in [-0.25, -0.2) is 0 Å². The second-order valence-electron chi connectivity index (χ2n) is 2.94. The Morgan fingerprint density at radius 3 is 2.47 bits per heavy atom. The Balaban J connectivity index is 2.68. The van der Waals surface area contributed by atoms with Crippen LogP contribution in [0.15, 0.2) is 27.1 Å². The maximum Gasteiger partial charge on any atom is 0.224 e. The lowest BCUT2D eigenvalue weighted by atomic mass is 10.3. The first-order chi connectivity index (χ1) is 7.15. The quantitative estimate of drug-likeness (QED) is 0.807. The maximum absolute atomic E-state index is 11.5. The lowest BCUT2D eigenvalue weighted by molar-refractivity contribution is -0.116. The van der Waals surface area contributed by atoms with E-state index >= 15 is 0 Å². The van der Waals surface area contributed by atoms with Crippen LogP contribution in [0.5, 0.6) is 0 Å². The van der Waals surface area contributed by atoms with Crippen molar-refractivity contribution >= 4 is 55.1 Å². The summed E-state index contributed by atoms with van der Waals surface area (Å²) in [6.45, 7) is 0. The lowest BCUT2D eigenvalue weighted by Crippen LogP contribution is -2.12. The molecular formula is C10H10Br2ClNO. The van der Waals surface area contributed by atoms with Gasteiger partial charge in [-0.05, 0) is 50.4 Å². The summed E-state index contributed by atoms with van der Waals surface area (Å²) in [6, 6.07) is 5.65. The van der Waals surface area contributed by atoms with Crippen molar-refractivity contribution in [2.75, 3.05) is 11.2 Å². The zero-order chi connectivity index (χ0) is 11.3. The largest absolute Gasteiger partial charge is 0.324 e. The van der Waals surface area contributed by atoms with Crippen LogP contribution in [0.2, 0.25) is 0 Å². The average molecular weight is 355 g/mol. The molecule has 0 saturated carbocycles. The minimum Gasteiger partial charge on any atom is -0.324 e. The molecule has 1 amide bonds. The Bertz CT molecular complexity index is 337. The van der Waals surface area contributed by atoms with Gasteiger partial charge in [0.05, 0.1) is 5.69 Å². The van der Waals surface area contributed by atoms with Crippen LogP contribution < -0.4 is 5.32 Å². The van der Waals surface area contributed by atoms with Gasteiger partial charge in [-0.15, -0.1) is 11.6 Å². The fourth-order valence-corrected chi connectivity index (χ4v) is 2.38. The number of carbonyl (C=O) groups is 1. The highest BCUT2D eigenvalue weighted by Gasteiger charge is 2.08. The molecule has 0 aliphatic heterocycles. The van der Waals surface area contributed by atoms with Gasteiger partial charge in [0.25, 0.3) is 0 Å². The first-order valence-corrected chi connectivity index (χ1v) is 6.57. The zero-order valence-electron chi connectivity index (χ0n) is 7.90. The van der Waals surface area contributed by atoms with Gasteiger partial charge in [0.1, 0.15) is 0 Å². The summed E-state index contributed by atoms with van der Waals surface area (Å²) in [5, 5.41) is 2.82. The van der Waals surface area contributed by atoms with Crippen molar-refractivity contribution in [3.63, 3.8) is 0 Å². The fraction of sp³-hybridized carbons (Fsp3) is 0.300. The molecule has 0 unspecified atom stereocenters. The van der Waals surface area contributed by atoms with Crippen LogP contribution in [0.3, 0.4) is 0 Å². The number of amides is 1. The summed E-state index contributed by atoms with van der Waals surface area (Å²) in [6.07, 6.45) is 1.13. The van der Waals surface area contributed by atoms with Gasteiger partial charge in [0, 0.05) is 21.2 Å². The Kier molecular flexibility index (Phi) is 5.64. The van der Waals surface area contributed by atoms with Crippen molar-refractivity contribution in [3.8, 4) is 0 Å². The SMILES string of the molecule is O=C(CCCCl)Nc1c(Br)cccc1Br. The summed E-state index contributed by atoms with van der Waals surface area (Å²) in [5.74, 6) is 0.480. The van der Waals surface area contributed by atoms with Gasteiger partial charge in [-0.2, -0.15) is 0 Å². The molecule has 0 radical (unpaired) electrons. The van der Waals surface area contributed by atoms with E-state index in [0.29, 0.717) is 18.7 Å². The predicted octanol–water partition coefficient (Wildman–Crippen LogP) is 4.17. The number of alkyl halides is 1. The molecule has 1 aromatic rings. The number of halogens is 3. The molecule has 1 N–H and O–H groups in total. The van der Waals surface area contributed by atoms with Crippen molar-refractivity contribution in [2.24, 2.45) is 0 Å². The van der Waals surface area contributed by atoms with E-state index in [1.165, 1.54) is 0 Å². The number of carbonyl (C=O) groups excluding carboxylic acids is 1. The van der Waals surface area contributed by atoms with Crippen LogP contribution in [0.4, 0.5) is 5.69 Å². The van der Waals surface area contributed by atoms with Crippen molar-refractivity contribution in [1.29, 1.82) is 0 Å². The third-order valence-electron chi connectivity index (χ3n) is 1.76. The number of para-hydroxylation sites is 1. The summed E-state index contributed by atoms with van der Waals surface area (Å²) < 4.78 is 1.71. The Labute approximate surface area is 111 Å². The van der Waals surface area contributed by atoms with Gasteiger partial charge in [-0.1, -0.05) is 6.07 Å². The molecule has 0 spiro atoms. The molecule has 15 heavy (non-hydrogen) atoms. The minimum atomic E-state index is -0.0248. The molecule has 0 aliphatic rings. The van der Waals surface area contributed by atoms with Crippen LogP contribution >= 0.6 is 43.5 Å². The molecule has 0 aliphatic carbocycles. The molecule has 0 fully saturated rings. The van der Waals surface area contributed by atoms with Crippen molar-refractivity contribution in [2.45, 2.75) is 12.8 Å². The monoisotopic (exact) mass is 353 g/mol. The van der Waals surface area contributed by atoms with Gasteiger partial charge < -0.3 is 5.32 Å². The number of hydrogen-bond acceptors (Lipinski definition) is 1. The molecule has 0 atom stereocenters. The van der Waals surface area contributed by atoms with Crippen LogP contribution in [-0.2, 0) is 4.79 Å². The van der Waals surface area contributed by atoms with E-state index in [2.05, 4.69) is 37.2 Å². The number of benzene rings is 1. The molecule has 0 heterocycles. The third kappa shape index (κ3) is 4.13. The first kappa shape index (κ1) is 13.0. The number of anilines is 1. The second-order valence-corrected chi connectivity index (χ2v) is 5.02. The zero-order valence-corrected chi connectivity index (χ0v) is 11.8. The van der Waals surface area contributed by atoms with Gasteiger partial charge in [0.15, 0.2) is 0 Å². The summed E-state index contributed by atoms with van der Waals surface area (Å²) in [5.41, 5.74) is 0.761. The summed E-state index contributed by atoms with van der Waals surface area (Å²) >= 11 is 12.3. The van der Waals surface area contributed by atoms with Crippen molar-refractivity contribution < 1.29 is 4.79 Å². The Morgan fingerprint density at radius 1 is 1.33 bits per heavy atom. The smallest absolute Gasteiger partial charge is 0.224 e. The topological polar surface area (TPSA) is 29.1 Å². The normalized spacial score (nSPS) is 10.1. The highest BCUT2D eigenvalue weighted by molar-refractivity contribution is 9.11. The van der Waals surface area contributed by atoms with E-state index in [4.69, 9.17) is 11.6 Å². The lowest BCUT2D eigenvalue weighted by Gasteiger charge is -2.08. The van der Waals surface area contributed by atoms with E-state index in [1.54, 1.807) is 0 Å². The summed E-state index contributed by atoms with van der Waals surface area (Å²) in [7, 11) is 0. The Morgan fingerprint density at radius 2 is 1.93 bits per heavy atom. The molecule has 2 nitrogen and oxygen atoms in total. The molecule has 82 valence electrons. The number of hydrogen-bond donors (Lipinski definition) is 1. The third-order valence-corrected chi connectivity index (χ3v) is 3.35. The number of nitrogens with one attached hydrogen (secondary N) is 1. The predicted molar refractivity (Wildman–Crippen MR) is 70.4 cm³/mol. The fourth-order valence-electron chi connectivity index (χ4n) is 1.05. The molecule has 1 rings (SSSR count). The molecule has 0 saturated heterocycles. The van der Waals surface area contributed by atoms with E-state index < -0.39 is 0 Å². The molecule has 5 heteroatoms. The van der Waals surface area contributed by atoms with Crippen LogP contribution in [0, 0.1) is 0 Å². The van der Waals surface area contributed by atoms with Crippen LogP contribution in [-0.4, -0.2) is 11.8 Å².